The van der Waals surface area contributed by atoms with Gasteiger partial charge in [-0.2, -0.15) is 0 Å². The Labute approximate surface area is 136 Å². The largest absolute Gasteiger partial charge is 0.481 e. The maximum absolute atomic E-state index is 11.8. The van der Waals surface area contributed by atoms with Crippen LogP contribution < -0.4 is 10.0 Å². The van der Waals surface area contributed by atoms with Crippen LogP contribution in [0.3, 0.4) is 0 Å². The Balaban J connectivity index is 2.67. The average Bonchev–Trinajstić information content (AvgIpc) is 2.39. The first kappa shape index (κ1) is 19.0. The molecule has 0 aliphatic rings. The van der Waals surface area contributed by atoms with Crippen molar-refractivity contribution in [1.29, 1.82) is 0 Å². The summed E-state index contributed by atoms with van der Waals surface area (Å²) in [4.78, 5) is 22.8. The van der Waals surface area contributed by atoms with Crippen LogP contribution >= 0.6 is 0 Å². The minimum atomic E-state index is -3.36. The van der Waals surface area contributed by atoms with Crippen molar-refractivity contribution < 1.29 is 23.1 Å². The van der Waals surface area contributed by atoms with E-state index >= 15 is 0 Å². The van der Waals surface area contributed by atoms with E-state index in [1.807, 2.05) is 0 Å². The zero-order valence-electron chi connectivity index (χ0n) is 13.4. The molecule has 128 valence electrons. The maximum atomic E-state index is 11.8. The lowest BCUT2D eigenvalue weighted by Gasteiger charge is -2.18. The molecule has 0 unspecified atom stereocenters. The molecule has 1 amide bonds. The molecule has 0 aliphatic carbocycles. The summed E-state index contributed by atoms with van der Waals surface area (Å²) in [6, 6.07) is 6.17. The van der Waals surface area contributed by atoms with Crippen molar-refractivity contribution in [2.45, 2.75) is 33.6 Å². The predicted octanol–water partition coefficient (Wildman–Crippen LogP) is 2.28. The molecule has 0 atom stereocenters. The SMILES string of the molecule is CCCS(=O)(=O)Nc1ccc(NC(=O)CC(C)(C)C(=O)O)cc1. The lowest BCUT2D eigenvalue weighted by atomic mass is 9.89. The standard InChI is InChI=1S/C15H22N2O5S/c1-4-9-23(21,22)17-12-7-5-11(6-8-12)16-13(18)10-15(2,3)14(19)20/h5-8,17H,4,9-10H2,1-3H3,(H,16,18)(H,19,20). The average molecular weight is 342 g/mol. The third kappa shape index (κ3) is 6.27. The molecule has 0 fully saturated rings. The van der Waals surface area contributed by atoms with Crippen molar-refractivity contribution in [3.63, 3.8) is 0 Å². The van der Waals surface area contributed by atoms with E-state index in [2.05, 4.69) is 10.0 Å². The van der Waals surface area contributed by atoms with Crippen molar-refractivity contribution >= 4 is 33.3 Å². The highest BCUT2D eigenvalue weighted by Gasteiger charge is 2.30. The lowest BCUT2D eigenvalue weighted by molar-refractivity contribution is -0.148. The van der Waals surface area contributed by atoms with Gasteiger partial charge in [-0.05, 0) is 44.5 Å². The zero-order chi connectivity index (χ0) is 17.7. The Morgan fingerprint density at radius 2 is 1.65 bits per heavy atom. The molecule has 23 heavy (non-hydrogen) atoms. The molecule has 0 heterocycles. The molecule has 0 aromatic heterocycles. The van der Waals surface area contributed by atoms with Crippen LogP contribution in [0.4, 0.5) is 11.4 Å². The summed E-state index contributed by atoms with van der Waals surface area (Å²) < 4.78 is 25.7. The third-order valence-electron chi connectivity index (χ3n) is 3.10. The third-order valence-corrected chi connectivity index (χ3v) is 4.59. The molecule has 1 aromatic carbocycles. The van der Waals surface area contributed by atoms with E-state index in [1.54, 1.807) is 19.1 Å². The Morgan fingerprint density at radius 1 is 1.13 bits per heavy atom. The van der Waals surface area contributed by atoms with Gasteiger partial charge in [-0.1, -0.05) is 6.92 Å². The number of carboxylic acids is 1. The number of carboxylic acid groups (broad SMARTS) is 1. The van der Waals surface area contributed by atoms with Crippen LogP contribution in [0.25, 0.3) is 0 Å². The highest BCUT2D eigenvalue weighted by molar-refractivity contribution is 7.92. The maximum Gasteiger partial charge on any atom is 0.309 e. The first-order chi connectivity index (χ1) is 10.6. The van der Waals surface area contributed by atoms with E-state index in [0.29, 0.717) is 17.8 Å². The summed E-state index contributed by atoms with van der Waals surface area (Å²) in [6.45, 7) is 4.72. The number of hydrogen-bond donors (Lipinski definition) is 3. The predicted molar refractivity (Wildman–Crippen MR) is 88.8 cm³/mol. The summed E-state index contributed by atoms with van der Waals surface area (Å²) in [6.07, 6.45) is 0.357. The molecule has 0 saturated heterocycles. The van der Waals surface area contributed by atoms with Crippen molar-refractivity contribution in [3.05, 3.63) is 24.3 Å². The van der Waals surface area contributed by atoms with Gasteiger partial charge in [-0.15, -0.1) is 0 Å². The topological polar surface area (TPSA) is 113 Å². The van der Waals surface area contributed by atoms with Crippen LogP contribution in [0.15, 0.2) is 24.3 Å². The van der Waals surface area contributed by atoms with Gasteiger partial charge in [0.05, 0.1) is 11.2 Å². The van der Waals surface area contributed by atoms with Gasteiger partial charge in [-0.25, -0.2) is 8.42 Å². The van der Waals surface area contributed by atoms with Crippen LogP contribution in [-0.4, -0.2) is 31.2 Å². The second-order valence-corrected chi connectivity index (χ2v) is 7.75. The first-order valence-corrected chi connectivity index (χ1v) is 8.85. The minimum Gasteiger partial charge on any atom is -0.481 e. The minimum absolute atomic E-state index is 0.0375. The Bertz CT molecular complexity index is 666. The molecule has 0 bridgehead atoms. The smallest absolute Gasteiger partial charge is 0.309 e. The van der Waals surface area contributed by atoms with Crippen molar-refractivity contribution in [2.24, 2.45) is 5.41 Å². The molecule has 8 heteroatoms. The number of nitrogens with one attached hydrogen (secondary N) is 2. The fourth-order valence-electron chi connectivity index (χ4n) is 1.80. The monoisotopic (exact) mass is 342 g/mol. The number of anilines is 2. The highest BCUT2D eigenvalue weighted by Crippen LogP contribution is 2.22. The summed E-state index contributed by atoms with van der Waals surface area (Å²) in [5.41, 5.74) is -0.281. The summed E-state index contributed by atoms with van der Waals surface area (Å²) in [5, 5.41) is 11.6. The molecule has 3 N–H and O–H groups in total. The van der Waals surface area contributed by atoms with E-state index < -0.39 is 27.3 Å². The molecule has 1 rings (SSSR count). The van der Waals surface area contributed by atoms with Crippen molar-refractivity contribution in [2.75, 3.05) is 15.8 Å². The molecule has 0 aliphatic heterocycles. The number of benzene rings is 1. The Kier molecular flexibility index (Phi) is 6.14. The molecule has 7 nitrogen and oxygen atoms in total. The van der Waals surface area contributed by atoms with Gasteiger partial charge >= 0.3 is 5.97 Å². The van der Waals surface area contributed by atoms with Gasteiger partial charge in [0, 0.05) is 17.8 Å². The number of sulfonamides is 1. The van der Waals surface area contributed by atoms with Gasteiger partial charge in [0.15, 0.2) is 0 Å². The lowest BCUT2D eigenvalue weighted by Crippen LogP contribution is -2.29. The Hall–Kier alpha value is -2.09. The van der Waals surface area contributed by atoms with Gasteiger partial charge in [0.25, 0.3) is 0 Å². The fraction of sp³-hybridized carbons (Fsp3) is 0.467. The van der Waals surface area contributed by atoms with Gasteiger partial charge in [-0.3, -0.25) is 14.3 Å². The fourth-order valence-corrected chi connectivity index (χ4v) is 2.94. The van der Waals surface area contributed by atoms with E-state index in [-0.39, 0.29) is 12.2 Å². The van der Waals surface area contributed by atoms with E-state index in [0.717, 1.165) is 0 Å². The Morgan fingerprint density at radius 3 is 2.13 bits per heavy atom. The van der Waals surface area contributed by atoms with Gasteiger partial charge < -0.3 is 10.4 Å². The number of aliphatic carboxylic acids is 1. The summed E-state index contributed by atoms with van der Waals surface area (Å²) in [5.74, 6) is -1.43. The number of carbonyl (C=O) groups excluding carboxylic acids is 1. The number of carbonyl (C=O) groups is 2. The normalized spacial score (nSPS) is 11.8. The molecular formula is C15H22N2O5S. The van der Waals surface area contributed by atoms with Crippen molar-refractivity contribution in [1.82, 2.24) is 0 Å². The van der Waals surface area contributed by atoms with Gasteiger partial charge in [0.2, 0.25) is 15.9 Å². The van der Waals surface area contributed by atoms with Crippen molar-refractivity contribution in [3.8, 4) is 0 Å². The molecule has 1 aromatic rings. The van der Waals surface area contributed by atoms with Crippen LogP contribution in [0.5, 0.6) is 0 Å². The van der Waals surface area contributed by atoms with E-state index in [9.17, 15) is 18.0 Å². The molecule has 0 radical (unpaired) electrons. The number of hydrogen-bond acceptors (Lipinski definition) is 4. The highest BCUT2D eigenvalue weighted by atomic mass is 32.2. The summed E-state index contributed by atoms with van der Waals surface area (Å²) in [7, 11) is -3.36. The quantitative estimate of drug-likeness (QED) is 0.671. The van der Waals surface area contributed by atoms with E-state index in [1.165, 1.54) is 26.0 Å². The number of rotatable bonds is 8. The molecule has 0 saturated carbocycles. The number of amides is 1. The van der Waals surface area contributed by atoms with Crippen LogP contribution in [0.1, 0.15) is 33.6 Å². The zero-order valence-corrected chi connectivity index (χ0v) is 14.2. The van der Waals surface area contributed by atoms with Crippen LogP contribution in [0.2, 0.25) is 0 Å². The second kappa shape index (κ2) is 7.45. The van der Waals surface area contributed by atoms with Gasteiger partial charge in [0.1, 0.15) is 0 Å². The first-order valence-electron chi connectivity index (χ1n) is 7.19. The summed E-state index contributed by atoms with van der Waals surface area (Å²) >= 11 is 0. The van der Waals surface area contributed by atoms with E-state index in [4.69, 9.17) is 5.11 Å². The van der Waals surface area contributed by atoms with Crippen LogP contribution in [-0.2, 0) is 19.6 Å². The second-order valence-electron chi connectivity index (χ2n) is 5.91. The molecule has 0 spiro atoms. The molecular weight excluding hydrogens is 320 g/mol. The van der Waals surface area contributed by atoms with Crippen LogP contribution in [0, 0.1) is 5.41 Å².